The molecule has 2 aliphatic rings. The van der Waals surface area contributed by atoms with Gasteiger partial charge in [0.2, 0.25) is 0 Å². The second-order valence-electron chi connectivity index (χ2n) is 5.66. The van der Waals surface area contributed by atoms with E-state index in [1.54, 1.807) is 7.11 Å². The van der Waals surface area contributed by atoms with E-state index in [0.29, 0.717) is 18.2 Å². The molecule has 0 aromatic rings. The van der Waals surface area contributed by atoms with E-state index in [0.717, 1.165) is 51.8 Å². The Labute approximate surface area is 116 Å². The molecule has 0 radical (unpaired) electrons. The molecule has 1 aliphatic heterocycles. The maximum atomic E-state index is 10.1. The summed E-state index contributed by atoms with van der Waals surface area (Å²) in [5.41, 5.74) is 0. The van der Waals surface area contributed by atoms with Gasteiger partial charge >= 0.3 is 0 Å². The van der Waals surface area contributed by atoms with Crippen LogP contribution in [0.3, 0.4) is 0 Å². The van der Waals surface area contributed by atoms with Gasteiger partial charge in [-0.1, -0.05) is 6.08 Å². The Kier molecular flexibility index (Phi) is 5.82. The lowest BCUT2D eigenvalue weighted by molar-refractivity contribution is -0.120. The predicted octanol–water partition coefficient (Wildman–Crippen LogP) is 1.58. The first kappa shape index (κ1) is 15.0. The minimum atomic E-state index is -0.264. The summed E-state index contributed by atoms with van der Waals surface area (Å²) in [6.45, 7) is 6.15. The summed E-state index contributed by atoms with van der Waals surface area (Å²) in [6, 6.07) is 0.408. The average molecular weight is 269 g/mol. The molecule has 0 bridgehead atoms. The monoisotopic (exact) mass is 269 g/mol. The van der Waals surface area contributed by atoms with Crippen LogP contribution in [-0.2, 0) is 9.47 Å². The van der Waals surface area contributed by atoms with E-state index in [4.69, 9.17) is 9.47 Å². The third-order valence-electron chi connectivity index (χ3n) is 4.37. The summed E-state index contributed by atoms with van der Waals surface area (Å²) < 4.78 is 11.4. The summed E-state index contributed by atoms with van der Waals surface area (Å²) in [5, 5.41) is 10.1. The molecule has 1 saturated carbocycles. The highest BCUT2D eigenvalue weighted by molar-refractivity contribution is 4.91. The van der Waals surface area contributed by atoms with Gasteiger partial charge in [-0.05, 0) is 32.1 Å². The molecular formula is C15H27NO3. The number of β-amino-alcohol motifs (C(OH)–C–C–N with tert-alkyl or cyclic N) is 1. The number of rotatable bonds is 6. The molecule has 4 unspecified atom stereocenters. The molecule has 0 aromatic carbocycles. The fraction of sp³-hybridized carbons (Fsp3) is 0.867. The van der Waals surface area contributed by atoms with E-state index in [9.17, 15) is 5.11 Å². The molecular weight excluding hydrogens is 242 g/mol. The van der Waals surface area contributed by atoms with Crippen molar-refractivity contribution in [1.82, 2.24) is 4.90 Å². The van der Waals surface area contributed by atoms with Gasteiger partial charge in [-0.25, -0.2) is 0 Å². The van der Waals surface area contributed by atoms with Gasteiger partial charge in [-0.2, -0.15) is 0 Å². The first-order chi connectivity index (χ1) is 9.24. The first-order valence-electron chi connectivity index (χ1n) is 7.42. The molecule has 0 spiro atoms. The fourth-order valence-corrected chi connectivity index (χ4v) is 3.26. The summed E-state index contributed by atoms with van der Waals surface area (Å²) >= 11 is 0. The van der Waals surface area contributed by atoms with Crippen LogP contribution in [0.25, 0.3) is 0 Å². The summed E-state index contributed by atoms with van der Waals surface area (Å²) in [4.78, 5) is 2.40. The number of hydrogen-bond acceptors (Lipinski definition) is 4. The molecule has 19 heavy (non-hydrogen) atoms. The van der Waals surface area contributed by atoms with Crippen molar-refractivity contribution in [2.45, 2.75) is 56.5 Å². The fourth-order valence-electron chi connectivity index (χ4n) is 3.26. The third kappa shape index (κ3) is 4.02. The number of fused-ring (bicyclic) bond motifs is 1. The number of morpholine rings is 1. The van der Waals surface area contributed by atoms with E-state index in [1.165, 1.54) is 0 Å². The number of aliphatic hydroxyl groups is 1. The molecule has 1 aliphatic carbocycles. The maximum absolute atomic E-state index is 10.1. The summed E-state index contributed by atoms with van der Waals surface area (Å²) in [7, 11) is 1.79. The SMILES string of the molecule is C=CCCC(O)CN1CCOC2CCC(OC)CC21. The van der Waals surface area contributed by atoms with Crippen molar-refractivity contribution in [2.24, 2.45) is 0 Å². The van der Waals surface area contributed by atoms with Gasteiger partial charge in [0.1, 0.15) is 0 Å². The van der Waals surface area contributed by atoms with Gasteiger partial charge in [0.15, 0.2) is 0 Å². The predicted molar refractivity (Wildman–Crippen MR) is 75.2 cm³/mol. The topological polar surface area (TPSA) is 41.9 Å². The second kappa shape index (κ2) is 7.39. The van der Waals surface area contributed by atoms with E-state index in [2.05, 4.69) is 11.5 Å². The third-order valence-corrected chi connectivity index (χ3v) is 4.37. The largest absolute Gasteiger partial charge is 0.392 e. The molecule has 1 N–H and O–H groups in total. The van der Waals surface area contributed by atoms with Gasteiger partial charge in [0.25, 0.3) is 0 Å². The molecule has 0 amide bonds. The highest BCUT2D eigenvalue weighted by Crippen LogP contribution is 2.30. The smallest absolute Gasteiger partial charge is 0.0732 e. The average Bonchev–Trinajstić information content (AvgIpc) is 2.45. The van der Waals surface area contributed by atoms with Crippen LogP contribution in [0, 0.1) is 0 Å². The number of allylic oxidation sites excluding steroid dienone is 1. The highest BCUT2D eigenvalue weighted by atomic mass is 16.5. The zero-order chi connectivity index (χ0) is 13.7. The molecule has 110 valence electrons. The first-order valence-corrected chi connectivity index (χ1v) is 7.42. The summed E-state index contributed by atoms with van der Waals surface area (Å²) in [5.74, 6) is 0. The molecule has 4 atom stereocenters. The standard InChI is InChI=1S/C15H27NO3/c1-3-4-5-12(17)11-16-8-9-19-15-7-6-13(18-2)10-14(15)16/h3,12-15,17H,1,4-11H2,2H3. The van der Waals surface area contributed by atoms with Crippen LogP contribution in [0.5, 0.6) is 0 Å². The Morgan fingerprint density at radius 2 is 2.37 bits per heavy atom. The molecule has 1 saturated heterocycles. The lowest BCUT2D eigenvalue weighted by atomic mass is 9.87. The number of aliphatic hydroxyl groups excluding tert-OH is 1. The van der Waals surface area contributed by atoms with E-state index < -0.39 is 0 Å². The number of nitrogens with zero attached hydrogens (tertiary/aromatic N) is 1. The van der Waals surface area contributed by atoms with Crippen molar-refractivity contribution in [1.29, 1.82) is 0 Å². The zero-order valence-corrected chi connectivity index (χ0v) is 12.0. The van der Waals surface area contributed by atoms with Crippen molar-refractivity contribution in [2.75, 3.05) is 26.8 Å². The van der Waals surface area contributed by atoms with Crippen molar-refractivity contribution in [3.05, 3.63) is 12.7 Å². The van der Waals surface area contributed by atoms with Crippen LogP contribution in [0.15, 0.2) is 12.7 Å². The normalized spacial score (nSPS) is 33.7. The number of methoxy groups -OCH3 is 1. The Balaban J connectivity index is 1.89. The van der Waals surface area contributed by atoms with E-state index in [1.807, 2.05) is 6.08 Å². The summed E-state index contributed by atoms with van der Waals surface area (Å²) in [6.07, 6.45) is 7.13. The van der Waals surface area contributed by atoms with Gasteiger partial charge in [-0.3, -0.25) is 4.90 Å². The van der Waals surface area contributed by atoms with Crippen molar-refractivity contribution >= 4 is 0 Å². The molecule has 1 heterocycles. The van der Waals surface area contributed by atoms with E-state index >= 15 is 0 Å². The van der Waals surface area contributed by atoms with Crippen molar-refractivity contribution < 1.29 is 14.6 Å². The molecule has 4 nitrogen and oxygen atoms in total. The molecule has 2 fully saturated rings. The minimum absolute atomic E-state index is 0.264. The van der Waals surface area contributed by atoms with Gasteiger partial charge in [-0.15, -0.1) is 6.58 Å². The van der Waals surface area contributed by atoms with Crippen LogP contribution in [0.2, 0.25) is 0 Å². The van der Waals surface area contributed by atoms with E-state index in [-0.39, 0.29) is 6.10 Å². The van der Waals surface area contributed by atoms with Crippen LogP contribution >= 0.6 is 0 Å². The van der Waals surface area contributed by atoms with Crippen LogP contribution in [0.4, 0.5) is 0 Å². The van der Waals surface area contributed by atoms with Crippen molar-refractivity contribution in [3.8, 4) is 0 Å². The van der Waals surface area contributed by atoms with Crippen LogP contribution < -0.4 is 0 Å². The van der Waals surface area contributed by atoms with Crippen molar-refractivity contribution in [3.63, 3.8) is 0 Å². The Bertz CT molecular complexity index is 285. The Hall–Kier alpha value is -0.420. The van der Waals surface area contributed by atoms with Crippen LogP contribution in [-0.4, -0.2) is 61.2 Å². The van der Waals surface area contributed by atoms with Gasteiger partial charge < -0.3 is 14.6 Å². The van der Waals surface area contributed by atoms with Gasteiger partial charge in [0.05, 0.1) is 24.9 Å². The molecule has 0 aromatic heterocycles. The minimum Gasteiger partial charge on any atom is -0.392 e. The number of hydrogen-bond donors (Lipinski definition) is 1. The number of ether oxygens (including phenoxy) is 2. The molecule has 2 rings (SSSR count). The highest BCUT2D eigenvalue weighted by Gasteiger charge is 2.38. The van der Waals surface area contributed by atoms with Gasteiger partial charge in [0, 0.05) is 26.2 Å². The van der Waals surface area contributed by atoms with Crippen LogP contribution in [0.1, 0.15) is 32.1 Å². The zero-order valence-electron chi connectivity index (χ0n) is 12.0. The molecule has 4 heteroatoms. The lowest BCUT2D eigenvalue weighted by Crippen LogP contribution is -2.56. The lowest BCUT2D eigenvalue weighted by Gasteiger charge is -2.46. The Morgan fingerprint density at radius 3 is 3.11 bits per heavy atom. The Morgan fingerprint density at radius 1 is 1.53 bits per heavy atom. The quantitative estimate of drug-likeness (QED) is 0.743. The second-order valence-corrected chi connectivity index (χ2v) is 5.66. The maximum Gasteiger partial charge on any atom is 0.0732 e.